The van der Waals surface area contributed by atoms with Crippen molar-refractivity contribution in [2.45, 2.75) is 112 Å². The van der Waals surface area contributed by atoms with Gasteiger partial charge in [0, 0.05) is 12.3 Å². The average molecular weight is 585 g/mol. The molecule has 0 aromatic carbocycles. The van der Waals surface area contributed by atoms with Gasteiger partial charge in [0.2, 0.25) is 0 Å². The minimum absolute atomic E-state index is 0.0467. The van der Waals surface area contributed by atoms with Crippen LogP contribution in [0.5, 0.6) is 0 Å². The Kier molecular flexibility index (Phi) is 11.6. The number of hydrogen-bond donors (Lipinski definition) is 2. The first kappa shape index (κ1) is 34.8. The minimum Gasteiger partial charge on any atom is -0.393 e. The number of allylic oxidation sites excluding steroid dienone is 16. The molecule has 1 saturated carbocycles. The standard InChI is InChI=1S/C40H56O3/c1-28(17-13-18-30(3)21-22-35-32(5)23-33(41)25-38(35,6)7)15-11-12-16-29(2)19-14-20-31(4)36-24-37-39(8,9)26-34(42)27-40(37,10)43-36/h11-24,33-36,41-42H,25-27H2,1-10H3. The minimum atomic E-state index is -0.382. The van der Waals surface area contributed by atoms with Crippen molar-refractivity contribution in [1.29, 1.82) is 0 Å². The highest BCUT2D eigenvalue weighted by atomic mass is 16.5. The molecule has 0 aromatic heterocycles. The van der Waals surface area contributed by atoms with Gasteiger partial charge in [0.25, 0.3) is 0 Å². The van der Waals surface area contributed by atoms with Gasteiger partial charge in [-0.1, -0.05) is 129 Å². The Morgan fingerprint density at radius 2 is 1.30 bits per heavy atom. The second-order valence-corrected chi connectivity index (χ2v) is 14.5. The number of fused-ring (bicyclic) bond motifs is 1. The molecule has 1 fully saturated rings. The zero-order chi connectivity index (χ0) is 32.0. The van der Waals surface area contributed by atoms with E-state index in [4.69, 9.17) is 4.74 Å². The molecule has 2 aliphatic carbocycles. The quantitative estimate of drug-likeness (QED) is 0.210. The predicted octanol–water partition coefficient (Wildman–Crippen LogP) is 9.61. The SMILES string of the molecule is CC(C=CC=C(C)C=CC1C(C)=CC(O)CC1(C)C)=CC=CC=C(C)C=CC=C(C)C1C=C2C(C)(C)CC(O)CC2(C)O1. The Balaban J connectivity index is 1.52. The molecule has 3 heteroatoms. The van der Waals surface area contributed by atoms with Crippen molar-refractivity contribution in [1.82, 2.24) is 0 Å². The molecular weight excluding hydrogens is 528 g/mol. The first-order valence-electron chi connectivity index (χ1n) is 15.9. The highest BCUT2D eigenvalue weighted by Crippen LogP contribution is 2.52. The zero-order valence-corrected chi connectivity index (χ0v) is 28.3. The van der Waals surface area contributed by atoms with E-state index in [0.29, 0.717) is 12.3 Å². The number of ether oxygens (including phenoxy) is 1. The highest BCUT2D eigenvalue weighted by Gasteiger charge is 2.50. The van der Waals surface area contributed by atoms with Gasteiger partial charge in [-0.2, -0.15) is 0 Å². The molecule has 5 unspecified atom stereocenters. The van der Waals surface area contributed by atoms with Crippen molar-refractivity contribution in [2.24, 2.45) is 16.7 Å². The Labute approximate surface area is 262 Å². The number of aliphatic hydroxyl groups is 2. The monoisotopic (exact) mass is 584 g/mol. The van der Waals surface area contributed by atoms with E-state index in [0.717, 1.165) is 12.8 Å². The molecule has 0 aromatic rings. The lowest BCUT2D eigenvalue weighted by molar-refractivity contribution is -0.0683. The molecule has 43 heavy (non-hydrogen) atoms. The molecule has 3 nitrogen and oxygen atoms in total. The van der Waals surface area contributed by atoms with Crippen LogP contribution in [0.1, 0.15) is 88.5 Å². The molecule has 0 radical (unpaired) electrons. The third kappa shape index (κ3) is 9.63. The fourth-order valence-electron chi connectivity index (χ4n) is 7.04. The van der Waals surface area contributed by atoms with Crippen molar-refractivity contribution >= 4 is 0 Å². The van der Waals surface area contributed by atoms with E-state index in [1.54, 1.807) is 0 Å². The number of hydrogen-bond acceptors (Lipinski definition) is 3. The first-order chi connectivity index (χ1) is 20.0. The van der Waals surface area contributed by atoms with Crippen LogP contribution in [0.2, 0.25) is 0 Å². The summed E-state index contributed by atoms with van der Waals surface area (Å²) in [5, 5.41) is 20.5. The van der Waals surface area contributed by atoms with Crippen molar-refractivity contribution in [2.75, 3.05) is 0 Å². The molecular formula is C40H56O3. The molecule has 0 bridgehead atoms. The number of aliphatic hydroxyl groups excluding tert-OH is 2. The number of rotatable bonds is 9. The fourth-order valence-corrected chi connectivity index (χ4v) is 7.04. The first-order valence-corrected chi connectivity index (χ1v) is 15.9. The normalized spacial score (nSPS) is 32.3. The summed E-state index contributed by atoms with van der Waals surface area (Å²) in [5.74, 6) is 0.344. The van der Waals surface area contributed by atoms with Gasteiger partial charge < -0.3 is 14.9 Å². The van der Waals surface area contributed by atoms with E-state index in [-0.39, 0.29) is 34.7 Å². The lowest BCUT2D eigenvalue weighted by Crippen LogP contribution is -2.45. The van der Waals surface area contributed by atoms with Crippen molar-refractivity contribution in [3.8, 4) is 0 Å². The summed E-state index contributed by atoms with van der Waals surface area (Å²) in [7, 11) is 0. The molecule has 234 valence electrons. The maximum Gasteiger partial charge on any atom is 0.0982 e. The lowest BCUT2D eigenvalue weighted by atomic mass is 9.65. The second kappa shape index (κ2) is 14.4. The molecule has 2 N–H and O–H groups in total. The third-order valence-electron chi connectivity index (χ3n) is 9.16. The molecule has 1 aliphatic heterocycles. The smallest absolute Gasteiger partial charge is 0.0982 e. The van der Waals surface area contributed by atoms with E-state index in [1.807, 2.05) is 6.08 Å². The Morgan fingerprint density at radius 1 is 0.744 bits per heavy atom. The van der Waals surface area contributed by atoms with Gasteiger partial charge in [0.05, 0.1) is 23.9 Å². The highest BCUT2D eigenvalue weighted by molar-refractivity contribution is 5.37. The summed E-state index contributed by atoms with van der Waals surface area (Å²) < 4.78 is 6.46. The van der Waals surface area contributed by atoms with Crippen LogP contribution in [-0.4, -0.2) is 34.1 Å². The average Bonchev–Trinajstić information content (AvgIpc) is 3.23. The summed E-state index contributed by atoms with van der Waals surface area (Å²) in [5.41, 5.74) is 6.92. The molecule has 1 heterocycles. The maximum atomic E-state index is 10.4. The van der Waals surface area contributed by atoms with Crippen LogP contribution in [-0.2, 0) is 4.74 Å². The van der Waals surface area contributed by atoms with Gasteiger partial charge >= 0.3 is 0 Å². The molecule has 0 amide bonds. The summed E-state index contributed by atoms with van der Waals surface area (Å²) >= 11 is 0. The van der Waals surface area contributed by atoms with Gasteiger partial charge in [-0.05, 0) is 82.4 Å². The lowest BCUT2D eigenvalue weighted by Gasteiger charge is -2.44. The largest absolute Gasteiger partial charge is 0.393 e. The van der Waals surface area contributed by atoms with Gasteiger partial charge in [0.1, 0.15) is 0 Å². The van der Waals surface area contributed by atoms with Crippen LogP contribution in [0.15, 0.2) is 119 Å². The van der Waals surface area contributed by atoms with Crippen LogP contribution in [0.4, 0.5) is 0 Å². The van der Waals surface area contributed by atoms with Gasteiger partial charge in [-0.25, -0.2) is 0 Å². The van der Waals surface area contributed by atoms with Crippen LogP contribution in [0.3, 0.4) is 0 Å². The Bertz CT molecular complexity index is 1320. The Morgan fingerprint density at radius 3 is 1.91 bits per heavy atom. The van der Waals surface area contributed by atoms with Gasteiger partial charge in [-0.3, -0.25) is 0 Å². The molecule has 0 spiro atoms. The Hall–Kier alpha value is -2.72. The zero-order valence-electron chi connectivity index (χ0n) is 28.3. The molecule has 0 saturated heterocycles. The van der Waals surface area contributed by atoms with Crippen LogP contribution < -0.4 is 0 Å². The summed E-state index contributed by atoms with van der Waals surface area (Å²) in [4.78, 5) is 0. The second-order valence-electron chi connectivity index (χ2n) is 14.5. The summed E-state index contributed by atoms with van der Waals surface area (Å²) in [6, 6.07) is 0. The van der Waals surface area contributed by atoms with Gasteiger partial charge in [-0.15, -0.1) is 0 Å². The third-order valence-corrected chi connectivity index (χ3v) is 9.16. The molecule has 3 aliphatic rings. The van der Waals surface area contributed by atoms with E-state index in [9.17, 15) is 10.2 Å². The van der Waals surface area contributed by atoms with Crippen LogP contribution in [0.25, 0.3) is 0 Å². The molecule has 5 atom stereocenters. The van der Waals surface area contributed by atoms with E-state index in [1.165, 1.54) is 33.4 Å². The van der Waals surface area contributed by atoms with Crippen LogP contribution >= 0.6 is 0 Å². The topological polar surface area (TPSA) is 49.7 Å². The van der Waals surface area contributed by atoms with Crippen molar-refractivity contribution < 1.29 is 14.9 Å². The molecule has 3 rings (SSSR count). The van der Waals surface area contributed by atoms with E-state index < -0.39 is 0 Å². The van der Waals surface area contributed by atoms with Crippen LogP contribution in [0, 0.1) is 16.7 Å². The fraction of sp³-hybridized carbons (Fsp3) is 0.500. The predicted molar refractivity (Wildman–Crippen MR) is 184 cm³/mol. The van der Waals surface area contributed by atoms with Crippen molar-refractivity contribution in [3.63, 3.8) is 0 Å². The summed E-state index contributed by atoms with van der Waals surface area (Å²) in [6.45, 7) is 21.6. The van der Waals surface area contributed by atoms with Crippen molar-refractivity contribution in [3.05, 3.63) is 119 Å². The maximum absolute atomic E-state index is 10.4. The van der Waals surface area contributed by atoms with E-state index in [2.05, 4.69) is 148 Å². The van der Waals surface area contributed by atoms with Gasteiger partial charge in [0.15, 0.2) is 0 Å². The summed E-state index contributed by atoms with van der Waals surface area (Å²) in [6.07, 6.45) is 31.3. The van der Waals surface area contributed by atoms with E-state index >= 15 is 0 Å².